The molecule has 1 N–H and O–H groups in total. The Bertz CT molecular complexity index is 625. The third-order valence-corrected chi connectivity index (χ3v) is 4.90. The van der Waals surface area contributed by atoms with Crippen molar-refractivity contribution in [2.75, 3.05) is 20.2 Å². The second kappa shape index (κ2) is 8.27. The Morgan fingerprint density at radius 2 is 1.92 bits per heavy atom. The molecule has 1 saturated heterocycles. The summed E-state index contributed by atoms with van der Waals surface area (Å²) in [5.74, 6) is 1.10. The van der Waals surface area contributed by atoms with E-state index in [0.717, 1.165) is 44.5 Å². The minimum Gasteiger partial charge on any atom is -0.481 e. The minimum atomic E-state index is -0.248. The van der Waals surface area contributed by atoms with Crippen LogP contribution in [-0.2, 0) is 13.0 Å². The zero-order chi connectivity index (χ0) is 16.8. The Hall–Kier alpha value is -1.91. The number of aliphatic hydroxyl groups excluding tert-OH is 1. The van der Waals surface area contributed by atoms with Crippen molar-refractivity contribution < 1.29 is 9.84 Å². The van der Waals surface area contributed by atoms with Crippen molar-refractivity contribution in [1.82, 2.24) is 9.88 Å². The van der Waals surface area contributed by atoms with Gasteiger partial charge in [0, 0.05) is 18.3 Å². The molecule has 4 heteroatoms. The minimum absolute atomic E-state index is 0.248. The van der Waals surface area contributed by atoms with E-state index in [0.29, 0.717) is 11.8 Å². The molecule has 1 fully saturated rings. The fraction of sp³-hybridized carbons (Fsp3) is 0.450. The number of hydrogen-bond donors (Lipinski definition) is 1. The highest BCUT2D eigenvalue weighted by Crippen LogP contribution is 2.25. The van der Waals surface area contributed by atoms with E-state index in [2.05, 4.69) is 28.1 Å². The molecule has 2 aromatic rings. The normalized spacial score (nSPS) is 17.6. The van der Waals surface area contributed by atoms with E-state index in [1.807, 2.05) is 24.3 Å². The Kier molecular flexibility index (Phi) is 5.83. The van der Waals surface area contributed by atoms with Crippen LogP contribution < -0.4 is 4.74 Å². The lowest BCUT2D eigenvalue weighted by atomic mass is 9.88. The van der Waals surface area contributed by atoms with Crippen LogP contribution in [0.5, 0.6) is 5.88 Å². The van der Waals surface area contributed by atoms with Crippen LogP contribution in [0.1, 0.15) is 24.0 Å². The molecular formula is C20H26N2O2. The Morgan fingerprint density at radius 1 is 1.17 bits per heavy atom. The van der Waals surface area contributed by atoms with Crippen LogP contribution >= 0.6 is 0 Å². The first kappa shape index (κ1) is 16.9. The molecule has 3 rings (SSSR count). The van der Waals surface area contributed by atoms with Crippen LogP contribution in [0.15, 0.2) is 48.7 Å². The standard InChI is InChI=1S/C20H26N2O2/c1-24-20-18(8-5-11-21-20)15-22-12-9-17(10-13-22)19(23)14-16-6-3-2-4-7-16/h2-8,11,17,19,23H,9-10,12-15H2,1H3. The molecule has 4 nitrogen and oxygen atoms in total. The fourth-order valence-electron chi connectivity index (χ4n) is 3.49. The second-order valence-corrected chi connectivity index (χ2v) is 6.54. The van der Waals surface area contributed by atoms with Crippen LogP contribution in [0.3, 0.4) is 0 Å². The highest BCUT2D eigenvalue weighted by molar-refractivity contribution is 5.25. The number of rotatable bonds is 6. The van der Waals surface area contributed by atoms with Crippen molar-refractivity contribution in [3.8, 4) is 5.88 Å². The predicted octanol–water partition coefficient (Wildman–Crippen LogP) is 2.91. The fourth-order valence-corrected chi connectivity index (χ4v) is 3.49. The molecule has 0 saturated carbocycles. The molecular weight excluding hydrogens is 300 g/mol. The zero-order valence-electron chi connectivity index (χ0n) is 14.3. The maximum Gasteiger partial charge on any atom is 0.217 e. The number of nitrogens with zero attached hydrogens (tertiary/aromatic N) is 2. The van der Waals surface area contributed by atoms with Crippen molar-refractivity contribution in [2.24, 2.45) is 5.92 Å². The molecule has 1 aromatic heterocycles. The van der Waals surface area contributed by atoms with Crippen LogP contribution in [0.25, 0.3) is 0 Å². The molecule has 1 aliphatic rings. The van der Waals surface area contributed by atoms with Crippen LogP contribution in [0.4, 0.5) is 0 Å². The molecule has 2 heterocycles. The van der Waals surface area contributed by atoms with Gasteiger partial charge < -0.3 is 9.84 Å². The highest BCUT2D eigenvalue weighted by atomic mass is 16.5. The van der Waals surface area contributed by atoms with Crippen LogP contribution in [-0.4, -0.2) is 41.3 Å². The summed E-state index contributed by atoms with van der Waals surface area (Å²) in [5.41, 5.74) is 2.34. The average Bonchev–Trinajstić information content (AvgIpc) is 2.63. The molecule has 24 heavy (non-hydrogen) atoms. The number of ether oxygens (including phenoxy) is 1. The van der Waals surface area contributed by atoms with E-state index in [9.17, 15) is 5.11 Å². The van der Waals surface area contributed by atoms with Gasteiger partial charge in [0.1, 0.15) is 0 Å². The monoisotopic (exact) mass is 326 g/mol. The van der Waals surface area contributed by atoms with Gasteiger partial charge in [0.05, 0.1) is 13.2 Å². The van der Waals surface area contributed by atoms with E-state index >= 15 is 0 Å². The summed E-state index contributed by atoms with van der Waals surface area (Å²) in [4.78, 5) is 6.69. The topological polar surface area (TPSA) is 45.6 Å². The summed E-state index contributed by atoms with van der Waals surface area (Å²) in [7, 11) is 1.66. The maximum atomic E-state index is 10.5. The lowest BCUT2D eigenvalue weighted by molar-refractivity contribution is 0.0574. The molecule has 1 unspecified atom stereocenters. The van der Waals surface area contributed by atoms with E-state index in [1.54, 1.807) is 13.3 Å². The summed E-state index contributed by atoms with van der Waals surface area (Å²) >= 11 is 0. The highest BCUT2D eigenvalue weighted by Gasteiger charge is 2.25. The smallest absolute Gasteiger partial charge is 0.217 e. The van der Waals surface area contributed by atoms with Crippen molar-refractivity contribution in [2.45, 2.75) is 31.9 Å². The first-order valence-corrected chi connectivity index (χ1v) is 8.68. The first-order chi connectivity index (χ1) is 11.8. The largest absolute Gasteiger partial charge is 0.481 e. The zero-order valence-corrected chi connectivity index (χ0v) is 14.3. The summed E-state index contributed by atoms with van der Waals surface area (Å²) in [6.45, 7) is 2.88. The molecule has 0 amide bonds. The quantitative estimate of drug-likeness (QED) is 0.886. The van der Waals surface area contributed by atoms with Crippen molar-refractivity contribution in [1.29, 1.82) is 0 Å². The Labute approximate surface area is 144 Å². The van der Waals surface area contributed by atoms with Gasteiger partial charge in [-0.15, -0.1) is 0 Å². The molecule has 128 valence electrons. The number of pyridine rings is 1. The Balaban J connectivity index is 1.50. The van der Waals surface area contributed by atoms with Gasteiger partial charge in [-0.1, -0.05) is 36.4 Å². The number of hydrogen-bond acceptors (Lipinski definition) is 4. The summed E-state index contributed by atoms with van der Waals surface area (Å²) < 4.78 is 5.33. The third-order valence-electron chi connectivity index (χ3n) is 4.90. The van der Waals surface area contributed by atoms with Crippen molar-refractivity contribution in [3.05, 3.63) is 59.8 Å². The van der Waals surface area contributed by atoms with E-state index in [-0.39, 0.29) is 6.10 Å². The van der Waals surface area contributed by atoms with Gasteiger partial charge in [-0.2, -0.15) is 0 Å². The summed E-state index contributed by atoms with van der Waals surface area (Å²) in [5, 5.41) is 10.5. The molecule has 1 aliphatic heterocycles. The lowest BCUT2D eigenvalue weighted by Crippen LogP contribution is -2.38. The number of methoxy groups -OCH3 is 1. The van der Waals surface area contributed by atoms with Gasteiger partial charge in [-0.3, -0.25) is 4.90 Å². The lowest BCUT2D eigenvalue weighted by Gasteiger charge is -2.34. The number of benzene rings is 1. The molecule has 0 radical (unpaired) electrons. The van der Waals surface area contributed by atoms with Gasteiger partial charge in [-0.05, 0) is 49.9 Å². The van der Waals surface area contributed by atoms with Crippen molar-refractivity contribution >= 4 is 0 Å². The van der Waals surface area contributed by atoms with E-state index in [4.69, 9.17) is 4.74 Å². The second-order valence-electron chi connectivity index (χ2n) is 6.54. The number of piperidine rings is 1. The molecule has 0 bridgehead atoms. The van der Waals surface area contributed by atoms with E-state index in [1.165, 1.54) is 5.56 Å². The SMILES string of the molecule is COc1ncccc1CN1CCC(C(O)Cc2ccccc2)CC1. The average molecular weight is 326 g/mol. The van der Waals surface area contributed by atoms with Gasteiger partial charge >= 0.3 is 0 Å². The van der Waals surface area contributed by atoms with E-state index < -0.39 is 0 Å². The Morgan fingerprint density at radius 3 is 2.62 bits per heavy atom. The van der Waals surface area contributed by atoms with Gasteiger partial charge in [0.2, 0.25) is 5.88 Å². The van der Waals surface area contributed by atoms with Crippen LogP contribution in [0, 0.1) is 5.92 Å². The van der Waals surface area contributed by atoms with Gasteiger partial charge in [-0.25, -0.2) is 4.98 Å². The van der Waals surface area contributed by atoms with Gasteiger partial charge in [0.25, 0.3) is 0 Å². The molecule has 0 aliphatic carbocycles. The van der Waals surface area contributed by atoms with Crippen molar-refractivity contribution in [3.63, 3.8) is 0 Å². The maximum absolute atomic E-state index is 10.5. The molecule has 1 aromatic carbocycles. The predicted molar refractivity (Wildman–Crippen MR) is 94.9 cm³/mol. The first-order valence-electron chi connectivity index (χ1n) is 8.68. The third kappa shape index (κ3) is 4.34. The number of aromatic nitrogens is 1. The number of likely N-dealkylation sites (tertiary alicyclic amines) is 1. The van der Waals surface area contributed by atoms with Gasteiger partial charge in [0.15, 0.2) is 0 Å². The summed E-state index contributed by atoms with van der Waals surface area (Å²) in [6.07, 6.45) is 4.34. The number of aliphatic hydroxyl groups is 1. The molecule has 0 spiro atoms. The summed E-state index contributed by atoms with van der Waals surface area (Å²) in [6, 6.07) is 14.3. The van der Waals surface area contributed by atoms with Crippen LogP contribution in [0.2, 0.25) is 0 Å². The molecule has 1 atom stereocenters.